The van der Waals surface area contributed by atoms with E-state index in [0.29, 0.717) is 17.7 Å². The molecule has 2 bridgehead atoms. The van der Waals surface area contributed by atoms with Gasteiger partial charge in [-0.05, 0) is 30.4 Å². The molecule has 0 radical (unpaired) electrons. The van der Waals surface area contributed by atoms with Gasteiger partial charge in [0.2, 0.25) is 0 Å². The Bertz CT molecular complexity index is 792. The Balaban J connectivity index is 1.58. The van der Waals surface area contributed by atoms with Crippen LogP contribution in [0.4, 0.5) is 0 Å². The van der Waals surface area contributed by atoms with E-state index in [1.165, 1.54) is 12.8 Å². The van der Waals surface area contributed by atoms with E-state index in [1.807, 2.05) is 28.8 Å². The predicted octanol–water partition coefficient (Wildman–Crippen LogP) is 3.63. The summed E-state index contributed by atoms with van der Waals surface area (Å²) in [4.78, 5) is 14.2. The Morgan fingerprint density at radius 3 is 2.83 bits per heavy atom. The monoisotopic (exact) mass is 324 g/mol. The molecule has 2 aliphatic heterocycles. The first-order valence-corrected chi connectivity index (χ1v) is 8.91. The number of aromatic carboxylic acids is 1. The number of piperidine rings is 1. The van der Waals surface area contributed by atoms with Gasteiger partial charge >= 0.3 is 5.97 Å². The van der Waals surface area contributed by atoms with Crippen molar-refractivity contribution in [1.82, 2.24) is 9.47 Å². The quantitative estimate of drug-likeness (QED) is 0.854. The molecule has 4 heteroatoms. The number of para-hydroxylation sites is 1. The zero-order valence-electron chi connectivity index (χ0n) is 14.1. The lowest BCUT2D eigenvalue weighted by atomic mass is 9.76. The van der Waals surface area contributed by atoms with Crippen LogP contribution in [0.3, 0.4) is 0 Å². The smallest absolute Gasteiger partial charge is 0.352 e. The molecule has 1 aromatic heterocycles. The minimum absolute atomic E-state index is 0.390. The molecule has 1 saturated heterocycles. The van der Waals surface area contributed by atoms with Crippen LogP contribution in [0.5, 0.6) is 0 Å². The summed E-state index contributed by atoms with van der Waals surface area (Å²) in [6, 6.07) is 10.2. The molecular formula is C20H24N2O2. The number of carboxylic acids is 1. The van der Waals surface area contributed by atoms with E-state index in [2.05, 4.69) is 24.0 Å². The number of aromatic nitrogens is 1. The maximum Gasteiger partial charge on any atom is 0.352 e. The van der Waals surface area contributed by atoms with E-state index in [1.54, 1.807) is 6.07 Å². The highest BCUT2D eigenvalue weighted by Crippen LogP contribution is 2.36. The summed E-state index contributed by atoms with van der Waals surface area (Å²) in [5.41, 5.74) is 1.40. The molecule has 1 aliphatic carbocycles. The average molecular weight is 324 g/mol. The van der Waals surface area contributed by atoms with Crippen LogP contribution in [-0.2, 0) is 6.54 Å². The lowest BCUT2D eigenvalue weighted by Gasteiger charge is -2.46. The molecule has 1 aromatic carbocycles. The first kappa shape index (κ1) is 15.5. The van der Waals surface area contributed by atoms with Gasteiger partial charge in [0.25, 0.3) is 0 Å². The Labute approximate surface area is 142 Å². The number of carboxylic acid groups (broad SMARTS) is 1. The zero-order valence-corrected chi connectivity index (χ0v) is 14.1. The molecule has 1 fully saturated rings. The Morgan fingerprint density at radius 2 is 2.08 bits per heavy atom. The molecule has 0 spiro atoms. The third-order valence-electron chi connectivity index (χ3n) is 5.72. The van der Waals surface area contributed by atoms with Gasteiger partial charge in [0.15, 0.2) is 0 Å². The zero-order chi connectivity index (χ0) is 16.7. The molecule has 3 atom stereocenters. The van der Waals surface area contributed by atoms with E-state index < -0.39 is 5.97 Å². The molecule has 0 amide bonds. The number of rotatable bonds is 5. The summed E-state index contributed by atoms with van der Waals surface area (Å²) >= 11 is 0. The van der Waals surface area contributed by atoms with E-state index in [9.17, 15) is 9.90 Å². The molecule has 126 valence electrons. The molecule has 5 rings (SSSR count). The lowest BCUT2D eigenvalue weighted by Crippen LogP contribution is -2.51. The molecule has 4 nitrogen and oxygen atoms in total. The average Bonchev–Trinajstić information content (AvgIpc) is 2.99. The largest absolute Gasteiger partial charge is 0.477 e. The second-order valence-electron chi connectivity index (χ2n) is 7.08. The summed E-state index contributed by atoms with van der Waals surface area (Å²) < 4.78 is 1.96. The van der Waals surface area contributed by atoms with Gasteiger partial charge in [-0.25, -0.2) is 4.79 Å². The van der Waals surface area contributed by atoms with E-state index in [0.717, 1.165) is 36.5 Å². The van der Waals surface area contributed by atoms with Crippen molar-refractivity contribution in [2.45, 2.75) is 32.4 Å². The summed E-state index contributed by atoms with van der Waals surface area (Å²) in [6.07, 6.45) is 7.27. The van der Waals surface area contributed by atoms with Crippen molar-refractivity contribution in [1.29, 1.82) is 0 Å². The van der Waals surface area contributed by atoms with Crippen molar-refractivity contribution >= 4 is 16.9 Å². The van der Waals surface area contributed by atoms with Gasteiger partial charge < -0.3 is 9.67 Å². The number of nitrogens with zero attached hydrogens (tertiary/aromatic N) is 2. The molecule has 24 heavy (non-hydrogen) atoms. The normalized spacial score (nSPS) is 26.3. The molecule has 3 aliphatic rings. The van der Waals surface area contributed by atoms with Gasteiger partial charge in [-0.2, -0.15) is 0 Å². The van der Waals surface area contributed by atoms with Crippen molar-refractivity contribution in [2.24, 2.45) is 11.8 Å². The van der Waals surface area contributed by atoms with E-state index in [4.69, 9.17) is 0 Å². The number of hydrogen-bond donors (Lipinski definition) is 1. The van der Waals surface area contributed by atoms with Gasteiger partial charge in [0, 0.05) is 36.6 Å². The Morgan fingerprint density at radius 1 is 1.25 bits per heavy atom. The number of hydrogen-bond acceptors (Lipinski definition) is 2. The number of fused-ring (bicyclic) bond motifs is 3. The van der Waals surface area contributed by atoms with Gasteiger partial charge in [0.05, 0.1) is 0 Å². The molecular weight excluding hydrogens is 300 g/mol. The predicted molar refractivity (Wildman–Crippen MR) is 95.3 cm³/mol. The highest BCUT2D eigenvalue weighted by atomic mass is 16.4. The highest BCUT2D eigenvalue weighted by molar-refractivity contribution is 5.94. The summed E-state index contributed by atoms with van der Waals surface area (Å²) in [6.45, 7) is 5.02. The Hall–Kier alpha value is -2.07. The second-order valence-corrected chi connectivity index (χ2v) is 7.08. The van der Waals surface area contributed by atoms with Crippen LogP contribution >= 0.6 is 0 Å². The fraction of sp³-hybridized carbons (Fsp3) is 0.450. The maximum atomic E-state index is 11.6. The summed E-state index contributed by atoms with van der Waals surface area (Å²) in [5.74, 6) is 0.562. The van der Waals surface area contributed by atoms with Crippen LogP contribution in [-0.4, -0.2) is 39.7 Å². The van der Waals surface area contributed by atoms with Gasteiger partial charge in [0.1, 0.15) is 5.69 Å². The topological polar surface area (TPSA) is 45.5 Å². The first-order chi connectivity index (χ1) is 11.7. The van der Waals surface area contributed by atoms with Crippen molar-refractivity contribution in [2.75, 3.05) is 13.1 Å². The van der Waals surface area contributed by atoms with Crippen LogP contribution in [0.1, 0.15) is 30.3 Å². The van der Waals surface area contributed by atoms with Gasteiger partial charge in [-0.3, -0.25) is 4.90 Å². The summed E-state index contributed by atoms with van der Waals surface area (Å²) in [7, 11) is 0. The van der Waals surface area contributed by atoms with Crippen molar-refractivity contribution in [3.05, 3.63) is 48.2 Å². The Kier molecular flexibility index (Phi) is 3.93. The van der Waals surface area contributed by atoms with Crippen LogP contribution in [0.2, 0.25) is 0 Å². The van der Waals surface area contributed by atoms with Crippen molar-refractivity contribution in [3.8, 4) is 0 Å². The van der Waals surface area contributed by atoms with E-state index >= 15 is 0 Å². The molecule has 1 N–H and O–H groups in total. The van der Waals surface area contributed by atoms with Gasteiger partial charge in [-0.1, -0.05) is 43.7 Å². The third-order valence-corrected chi connectivity index (χ3v) is 5.72. The molecule has 3 heterocycles. The van der Waals surface area contributed by atoms with Crippen molar-refractivity contribution in [3.63, 3.8) is 0 Å². The standard InChI is InChI=1S/C20H24N2O2/c1-2-15-11-14-7-8-17(15)21(13-14)9-10-22-18-6-4-3-5-16(18)12-19(22)20(23)24/h3-8,12,14-15,17H,2,9-11,13H2,1H3,(H,23,24). The van der Waals surface area contributed by atoms with Gasteiger partial charge in [-0.15, -0.1) is 0 Å². The number of carbonyl (C=O) groups is 1. The SMILES string of the molecule is CCC1CC2C=CC1N(CCn1c(C(=O)O)cc3ccccc31)C2. The lowest BCUT2D eigenvalue weighted by molar-refractivity contribution is 0.0672. The fourth-order valence-electron chi connectivity index (χ4n) is 4.52. The maximum absolute atomic E-state index is 11.6. The highest BCUT2D eigenvalue weighted by Gasteiger charge is 2.36. The van der Waals surface area contributed by atoms with Crippen LogP contribution < -0.4 is 0 Å². The molecule has 0 saturated carbocycles. The third kappa shape index (κ3) is 2.55. The second kappa shape index (κ2) is 6.10. The number of benzene rings is 1. The summed E-state index contributed by atoms with van der Waals surface area (Å²) in [5, 5.41) is 10.5. The fourth-order valence-corrected chi connectivity index (χ4v) is 4.52. The van der Waals surface area contributed by atoms with E-state index in [-0.39, 0.29) is 0 Å². The first-order valence-electron chi connectivity index (χ1n) is 8.91. The van der Waals surface area contributed by atoms with Crippen molar-refractivity contribution < 1.29 is 9.90 Å². The minimum atomic E-state index is -0.849. The molecule has 3 unspecified atom stereocenters. The van der Waals surface area contributed by atoms with Crippen LogP contribution in [0.25, 0.3) is 10.9 Å². The van der Waals surface area contributed by atoms with Crippen LogP contribution in [0, 0.1) is 11.8 Å². The van der Waals surface area contributed by atoms with Crippen LogP contribution in [0.15, 0.2) is 42.5 Å². The minimum Gasteiger partial charge on any atom is -0.477 e. The molecule has 2 aromatic rings.